The molecule has 3 rings (SSSR count). The van der Waals surface area contributed by atoms with Crippen LogP contribution >= 0.6 is 0 Å². The van der Waals surface area contributed by atoms with Gasteiger partial charge in [0, 0.05) is 23.3 Å². The molecular formula is C17H13N3O. The third-order valence-corrected chi connectivity index (χ3v) is 3.02. The summed E-state index contributed by atoms with van der Waals surface area (Å²) in [7, 11) is 0. The quantitative estimate of drug-likeness (QED) is 0.706. The maximum Gasteiger partial charge on any atom is 0.104 e. The summed E-state index contributed by atoms with van der Waals surface area (Å²) in [6, 6.07) is 9.65. The number of hydrogen-bond acceptors (Lipinski definition) is 3. The minimum atomic E-state index is -0.142. The zero-order valence-electron chi connectivity index (χ0n) is 11.2. The largest absolute Gasteiger partial charge is 0.384 e. The van der Waals surface area contributed by atoms with E-state index in [4.69, 9.17) is 5.11 Å². The van der Waals surface area contributed by atoms with Gasteiger partial charge in [-0.25, -0.2) is 0 Å². The fourth-order valence-corrected chi connectivity index (χ4v) is 2.03. The first kappa shape index (κ1) is 13.1. The van der Waals surface area contributed by atoms with Crippen molar-refractivity contribution in [1.29, 1.82) is 0 Å². The Kier molecular flexibility index (Phi) is 3.77. The lowest BCUT2D eigenvalue weighted by molar-refractivity contribution is 0.350. The number of H-pyrrole nitrogens is 1. The van der Waals surface area contributed by atoms with Gasteiger partial charge in [0.1, 0.15) is 6.61 Å². The highest BCUT2D eigenvalue weighted by atomic mass is 16.2. The van der Waals surface area contributed by atoms with E-state index in [0.29, 0.717) is 0 Å². The second kappa shape index (κ2) is 6.04. The maximum atomic E-state index is 8.76. The molecule has 0 aliphatic carbocycles. The Morgan fingerprint density at radius 1 is 1.24 bits per heavy atom. The van der Waals surface area contributed by atoms with Crippen molar-refractivity contribution in [2.45, 2.75) is 0 Å². The van der Waals surface area contributed by atoms with Gasteiger partial charge in [-0.15, -0.1) is 0 Å². The first-order chi connectivity index (χ1) is 10.4. The maximum absolute atomic E-state index is 8.76. The number of aromatic nitrogens is 3. The van der Waals surface area contributed by atoms with E-state index in [1.54, 1.807) is 12.4 Å². The number of rotatable bonds is 2. The van der Waals surface area contributed by atoms with Crippen LogP contribution in [0.3, 0.4) is 0 Å². The Morgan fingerprint density at radius 2 is 2.19 bits per heavy atom. The molecule has 0 unspecified atom stereocenters. The molecular weight excluding hydrogens is 262 g/mol. The normalized spacial score (nSPS) is 10.7. The van der Waals surface area contributed by atoms with Crippen LogP contribution in [0.25, 0.3) is 23.1 Å². The zero-order chi connectivity index (χ0) is 14.5. The Morgan fingerprint density at radius 3 is 3.00 bits per heavy atom. The molecule has 3 aromatic rings. The van der Waals surface area contributed by atoms with Gasteiger partial charge in [0.25, 0.3) is 0 Å². The number of fused-ring (bicyclic) bond motifs is 1. The third-order valence-electron chi connectivity index (χ3n) is 3.02. The van der Waals surface area contributed by atoms with Gasteiger partial charge in [0.05, 0.1) is 11.2 Å². The summed E-state index contributed by atoms with van der Waals surface area (Å²) in [5.41, 5.74) is 3.68. The van der Waals surface area contributed by atoms with Crippen molar-refractivity contribution in [1.82, 2.24) is 15.2 Å². The molecule has 2 N–H and O–H groups in total. The standard InChI is InChI=1S/C17H13N3O/c21-10-2-4-13-5-7-16-15(11-13)17(20-19-16)8-6-14-3-1-9-18-12-14/h1,3,5-9,11-12,21H,10H2,(H,19,20)/b8-6+. The van der Waals surface area contributed by atoms with E-state index in [-0.39, 0.29) is 6.61 Å². The predicted octanol–water partition coefficient (Wildman–Crippen LogP) is 2.47. The number of nitrogens with one attached hydrogen (secondary N) is 1. The smallest absolute Gasteiger partial charge is 0.104 e. The molecule has 1 aromatic carbocycles. The van der Waals surface area contributed by atoms with Crippen LogP contribution in [-0.2, 0) is 0 Å². The van der Waals surface area contributed by atoms with Crippen LogP contribution in [0.1, 0.15) is 16.8 Å². The fourth-order valence-electron chi connectivity index (χ4n) is 2.03. The Labute approximate surface area is 122 Å². The van der Waals surface area contributed by atoms with Crippen LogP contribution < -0.4 is 0 Å². The van der Waals surface area contributed by atoms with E-state index in [0.717, 1.165) is 27.7 Å². The summed E-state index contributed by atoms with van der Waals surface area (Å²) in [6.45, 7) is -0.142. The molecule has 4 heteroatoms. The summed E-state index contributed by atoms with van der Waals surface area (Å²) in [5, 5.41) is 17.0. The number of aliphatic hydroxyl groups excluding tert-OH is 1. The number of aliphatic hydroxyl groups is 1. The molecule has 0 bridgehead atoms. The molecule has 2 heterocycles. The minimum absolute atomic E-state index is 0.142. The second-order valence-corrected chi connectivity index (χ2v) is 4.45. The summed E-state index contributed by atoms with van der Waals surface area (Å²) >= 11 is 0. The van der Waals surface area contributed by atoms with Crippen molar-refractivity contribution in [2.75, 3.05) is 6.61 Å². The zero-order valence-corrected chi connectivity index (χ0v) is 11.2. The van der Waals surface area contributed by atoms with Crippen LogP contribution in [0.4, 0.5) is 0 Å². The lowest BCUT2D eigenvalue weighted by atomic mass is 10.1. The predicted molar refractivity (Wildman–Crippen MR) is 83.2 cm³/mol. The molecule has 4 nitrogen and oxygen atoms in total. The molecule has 0 saturated carbocycles. The first-order valence-electron chi connectivity index (χ1n) is 6.53. The van der Waals surface area contributed by atoms with Gasteiger partial charge in [0.2, 0.25) is 0 Å². The van der Waals surface area contributed by atoms with Crippen molar-refractivity contribution in [3.05, 3.63) is 59.5 Å². The van der Waals surface area contributed by atoms with Crippen LogP contribution in [0.15, 0.2) is 42.7 Å². The average molecular weight is 275 g/mol. The number of pyridine rings is 1. The van der Waals surface area contributed by atoms with Gasteiger partial charge in [-0.05, 0) is 35.9 Å². The molecule has 0 aliphatic heterocycles. The molecule has 0 amide bonds. The Bertz CT molecular complexity index is 839. The molecule has 0 spiro atoms. The summed E-state index contributed by atoms with van der Waals surface area (Å²) in [6.07, 6.45) is 7.49. The number of benzene rings is 1. The SMILES string of the molecule is OCC#Cc1ccc2n[nH]c(/C=C/c3cccnc3)c2c1. The molecule has 2 aromatic heterocycles. The van der Waals surface area contributed by atoms with Crippen molar-refractivity contribution >= 4 is 23.1 Å². The topological polar surface area (TPSA) is 61.8 Å². The summed E-state index contributed by atoms with van der Waals surface area (Å²) < 4.78 is 0. The van der Waals surface area contributed by atoms with Crippen molar-refractivity contribution < 1.29 is 5.11 Å². The molecule has 0 aliphatic rings. The highest BCUT2D eigenvalue weighted by molar-refractivity contribution is 5.90. The third kappa shape index (κ3) is 2.99. The van der Waals surface area contributed by atoms with E-state index >= 15 is 0 Å². The second-order valence-electron chi connectivity index (χ2n) is 4.45. The van der Waals surface area contributed by atoms with E-state index in [1.165, 1.54) is 0 Å². The molecule has 0 atom stereocenters. The first-order valence-corrected chi connectivity index (χ1v) is 6.53. The number of hydrogen-bond donors (Lipinski definition) is 2. The molecule has 0 saturated heterocycles. The van der Waals surface area contributed by atoms with Crippen molar-refractivity contribution in [2.24, 2.45) is 0 Å². The van der Waals surface area contributed by atoms with Crippen LogP contribution in [0, 0.1) is 11.8 Å². The lowest BCUT2D eigenvalue weighted by Crippen LogP contribution is -1.78. The van der Waals surface area contributed by atoms with Gasteiger partial charge in [-0.3, -0.25) is 10.1 Å². The van der Waals surface area contributed by atoms with E-state index < -0.39 is 0 Å². The van der Waals surface area contributed by atoms with Crippen molar-refractivity contribution in [3.8, 4) is 11.8 Å². The van der Waals surface area contributed by atoms with Crippen LogP contribution in [0.5, 0.6) is 0 Å². The van der Waals surface area contributed by atoms with Crippen LogP contribution in [-0.4, -0.2) is 26.9 Å². The number of aromatic amines is 1. The highest BCUT2D eigenvalue weighted by Crippen LogP contribution is 2.19. The average Bonchev–Trinajstić information content (AvgIpc) is 2.94. The fraction of sp³-hybridized carbons (Fsp3) is 0.0588. The molecule has 0 radical (unpaired) electrons. The van der Waals surface area contributed by atoms with Gasteiger partial charge < -0.3 is 5.11 Å². The lowest BCUT2D eigenvalue weighted by Gasteiger charge is -1.94. The van der Waals surface area contributed by atoms with E-state index in [9.17, 15) is 0 Å². The molecule has 0 fully saturated rings. The minimum Gasteiger partial charge on any atom is -0.384 e. The molecule has 21 heavy (non-hydrogen) atoms. The van der Waals surface area contributed by atoms with Crippen molar-refractivity contribution in [3.63, 3.8) is 0 Å². The molecule has 102 valence electrons. The number of nitrogens with zero attached hydrogens (tertiary/aromatic N) is 2. The van der Waals surface area contributed by atoms with Crippen LogP contribution in [0.2, 0.25) is 0 Å². The van der Waals surface area contributed by atoms with Gasteiger partial charge in [0.15, 0.2) is 0 Å². The van der Waals surface area contributed by atoms with E-state index in [1.807, 2.05) is 42.5 Å². The highest BCUT2D eigenvalue weighted by Gasteiger charge is 2.03. The Balaban J connectivity index is 1.97. The summed E-state index contributed by atoms with van der Waals surface area (Å²) in [5.74, 6) is 5.55. The Hall–Kier alpha value is -2.90. The van der Waals surface area contributed by atoms with Gasteiger partial charge >= 0.3 is 0 Å². The van der Waals surface area contributed by atoms with Gasteiger partial charge in [-0.1, -0.05) is 24.0 Å². The summed E-state index contributed by atoms with van der Waals surface area (Å²) in [4.78, 5) is 4.08. The van der Waals surface area contributed by atoms with E-state index in [2.05, 4.69) is 27.0 Å². The van der Waals surface area contributed by atoms with Gasteiger partial charge in [-0.2, -0.15) is 5.10 Å². The monoisotopic (exact) mass is 275 g/mol.